The van der Waals surface area contributed by atoms with Gasteiger partial charge in [0.25, 0.3) is 11.8 Å². The number of thiophene rings is 1. The fourth-order valence-electron chi connectivity index (χ4n) is 2.99. The number of hydrogen-bond acceptors (Lipinski definition) is 10. The number of aliphatic imine (C=N–C) groups is 2. The maximum Gasteiger partial charge on any atom is 0.270 e. The van der Waals surface area contributed by atoms with Crippen LogP contribution in [0.25, 0.3) is 16.5 Å². The van der Waals surface area contributed by atoms with Gasteiger partial charge in [-0.15, -0.1) is 21.5 Å². The first-order valence-electron chi connectivity index (χ1n) is 11.0. The second kappa shape index (κ2) is 11.1. The predicted octanol–water partition coefficient (Wildman–Crippen LogP) is 4.27. The second-order valence-electron chi connectivity index (χ2n) is 8.42. The van der Waals surface area contributed by atoms with Crippen molar-refractivity contribution in [1.29, 1.82) is 0 Å². The van der Waals surface area contributed by atoms with Crippen LogP contribution in [-0.4, -0.2) is 42.3 Å². The minimum Gasteiger partial charge on any atom is -0.414 e. The van der Waals surface area contributed by atoms with Crippen LogP contribution >= 0.6 is 11.3 Å². The van der Waals surface area contributed by atoms with E-state index >= 15 is 0 Å². The summed E-state index contributed by atoms with van der Waals surface area (Å²) in [6, 6.07) is 10.8. The Morgan fingerprint density at radius 1 is 1.14 bits per heavy atom. The molecule has 0 saturated heterocycles. The Kier molecular flexibility index (Phi) is 8.36. The third-order valence-corrected chi connectivity index (χ3v) is 8.34. The van der Waals surface area contributed by atoms with E-state index in [4.69, 9.17) is 10.2 Å². The van der Waals surface area contributed by atoms with E-state index in [1.807, 2.05) is 12.1 Å². The zero-order valence-corrected chi connectivity index (χ0v) is 22.1. The molecule has 0 aliphatic carbocycles. The van der Waals surface area contributed by atoms with Crippen LogP contribution in [0.3, 0.4) is 0 Å². The minimum atomic E-state index is -3.36. The lowest BCUT2D eigenvalue weighted by Gasteiger charge is -2.09. The van der Waals surface area contributed by atoms with Crippen molar-refractivity contribution in [1.82, 2.24) is 15.5 Å². The smallest absolute Gasteiger partial charge is 0.270 e. The fourth-order valence-corrected chi connectivity index (χ4v) is 4.93. The number of hydrogen-bond donors (Lipinski definition) is 2. The highest BCUT2D eigenvalue weighted by Gasteiger charge is 2.20. The van der Waals surface area contributed by atoms with Gasteiger partial charge in [-0.25, -0.2) is 18.4 Å². The van der Waals surface area contributed by atoms with E-state index in [0.717, 1.165) is 16.3 Å². The molecule has 11 heteroatoms. The van der Waals surface area contributed by atoms with E-state index in [9.17, 15) is 8.42 Å². The molecule has 0 spiro atoms. The molecule has 3 N–H and O–H groups in total. The molecule has 2 heterocycles. The van der Waals surface area contributed by atoms with Crippen LogP contribution in [0.2, 0.25) is 0 Å². The zero-order valence-electron chi connectivity index (χ0n) is 20.4. The number of benzene rings is 1. The quantitative estimate of drug-likeness (QED) is 0.386. The van der Waals surface area contributed by atoms with E-state index in [1.165, 1.54) is 0 Å². The SMILES string of the molecule is C=N/C(N)=C(\N=C(/C)c1ccc(S(=O)(=O)C(C)C)cc1)c1nnc(-c2ccc(CNC(C)C)s2)o1. The average Bonchev–Trinajstić information content (AvgIpc) is 3.50. The highest BCUT2D eigenvalue weighted by atomic mass is 32.2. The Balaban J connectivity index is 1.89. The Bertz CT molecular complexity index is 1350. The van der Waals surface area contributed by atoms with Gasteiger partial charge in [0.05, 0.1) is 15.0 Å². The molecule has 35 heavy (non-hydrogen) atoms. The van der Waals surface area contributed by atoms with Crippen molar-refractivity contribution in [2.45, 2.75) is 57.4 Å². The molecule has 0 radical (unpaired) electrons. The molecule has 9 nitrogen and oxygen atoms in total. The van der Waals surface area contributed by atoms with Crippen molar-refractivity contribution in [2.24, 2.45) is 15.7 Å². The summed E-state index contributed by atoms with van der Waals surface area (Å²) in [5.74, 6) is 0.497. The summed E-state index contributed by atoms with van der Waals surface area (Å²) in [5.41, 5.74) is 7.51. The van der Waals surface area contributed by atoms with Crippen molar-refractivity contribution < 1.29 is 12.8 Å². The molecule has 3 aromatic rings. The second-order valence-corrected chi connectivity index (χ2v) is 12.1. The van der Waals surface area contributed by atoms with Gasteiger partial charge < -0.3 is 15.5 Å². The van der Waals surface area contributed by atoms with Gasteiger partial charge in [0, 0.05) is 23.2 Å². The molecular formula is C24H30N6O3S2. The molecule has 0 fully saturated rings. The summed E-state index contributed by atoms with van der Waals surface area (Å²) in [4.78, 5) is 10.6. The highest BCUT2D eigenvalue weighted by Crippen LogP contribution is 2.29. The van der Waals surface area contributed by atoms with E-state index in [-0.39, 0.29) is 22.3 Å². The summed E-state index contributed by atoms with van der Waals surface area (Å²) in [5, 5.41) is 11.1. The van der Waals surface area contributed by atoms with Gasteiger partial charge >= 0.3 is 0 Å². The van der Waals surface area contributed by atoms with Crippen molar-refractivity contribution in [3.8, 4) is 10.8 Å². The summed E-state index contributed by atoms with van der Waals surface area (Å²) in [6.45, 7) is 13.5. The predicted molar refractivity (Wildman–Crippen MR) is 141 cm³/mol. The van der Waals surface area contributed by atoms with Crippen molar-refractivity contribution >= 4 is 39.3 Å². The Labute approximate surface area is 209 Å². The maximum atomic E-state index is 12.4. The molecule has 0 saturated carbocycles. The lowest BCUT2D eigenvalue weighted by Crippen LogP contribution is -2.21. The number of nitrogens with one attached hydrogen (secondary N) is 1. The first-order chi connectivity index (χ1) is 16.5. The van der Waals surface area contributed by atoms with Crippen molar-refractivity contribution in [2.75, 3.05) is 0 Å². The van der Waals surface area contributed by atoms with E-state index < -0.39 is 15.1 Å². The molecule has 3 rings (SSSR count). The molecule has 0 amide bonds. The van der Waals surface area contributed by atoms with Gasteiger partial charge in [-0.2, -0.15) is 0 Å². The standard InChI is InChI=1S/C24H30N6O3S2/c1-14(2)27-13-18-9-12-20(34-18)23-29-30-24(33-23)21(22(25)26-6)28-16(5)17-7-10-19(11-8-17)35(31,32)15(3)4/h7-12,14-15,27H,6,13,25H2,1-5H3/b22-21-,28-16+. The van der Waals surface area contributed by atoms with Crippen LogP contribution in [-0.2, 0) is 16.4 Å². The lowest BCUT2D eigenvalue weighted by atomic mass is 10.1. The van der Waals surface area contributed by atoms with Crippen LogP contribution in [0.1, 0.15) is 51.0 Å². The number of sulfone groups is 1. The van der Waals surface area contributed by atoms with Gasteiger partial charge in [-0.1, -0.05) is 26.0 Å². The third kappa shape index (κ3) is 6.30. The first kappa shape index (κ1) is 26.5. The van der Waals surface area contributed by atoms with Gasteiger partial charge in [-0.3, -0.25) is 0 Å². The highest BCUT2D eigenvalue weighted by molar-refractivity contribution is 7.92. The topological polar surface area (TPSA) is 136 Å². The lowest BCUT2D eigenvalue weighted by molar-refractivity contribution is 0.552. The third-order valence-electron chi connectivity index (χ3n) is 5.10. The fraction of sp³-hybridized carbons (Fsp3) is 0.333. The number of nitrogens with zero attached hydrogens (tertiary/aromatic N) is 4. The van der Waals surface area contributed by atoms with Crippen molar-refractivity contribution in [3.05, 3.63) is 58.6 Å². The Morgan fingerprint density at radius 3 is 2.43 bits per heavy atom. The molecular weight excluding hydrogens is 484 g/mol. The molecule has 2 aromatic heterocycles. The van der Waals surface area contributed by atoms with Crippen LogP contribution < -0.4 is 11.1 Å². The molecule has 1 aromatic carbocycles. The molecule has 186 valence electrons. The average molecular weight is 515 g/mol. The molecule has 0 aliphatic rings. The van der Waals surface area contributed by atoms with Gasteiger partial charge in [0.15, 0.2) is 21.4 Å². The monoisotopic (exact) mass is 514 g/mol. The largest absolute Gasteiger partial charge is 0.414 e. The van der Waals surface area contributed by atoms with Crippen LogP contribution in [0.15, 0.2) is 61.5 Å². The van der Waals surface area contributed by atoms with E-state index in [1.54, 1.807) is 56.4 Å². The first-order valence-corrected chi connectivity index (χ1v) is 13.4. The number of nitrogens with two attached hydrogens (primary N) is 1. The molecule has 0 unspecified atom stereocenters. The maximum absolute atomic E-state index is 12.4. The van der Waals surface area contributed by atoms with Crippen LogP contribution in [0.5, 0.6) is 0 Å². The Morgan fingerprint density at radius 2 is 1.83 bits per heavy atom. The molecule has 0 aliphatic heterocycles. The minimum absolute atomic E-state index is 0.0338. The zero-order chi connectivity index (χ0) is 25.8. The summed E-state index contributed by atoms with van der Waals surface area (Å²) < 4.78 is 30.7. The molecule has 0 atom stereocenters. The van der Waals surface area contributed by atoms with Crippen molar-refractivity contribution in [3.63, 3.8) is 0 Å². The Hall–Kier alpha value is -3.15. The summed E-state index contributed by atoms with van der Waals surface area (Å²) >= 11 is 1.56. The van der Waals surface area contributed by atoms with Gasteiger partial charge in [-0.05, 0) is 57.3 Å². The normalized spacial score (nSPS) is 13.4. The van der Waals surface area contributed by atoms with Crippen LogP contribution in [0, 0.1) is 0 Å². The van der Waals surface area contributed by atoms with Gasteiger partial charge in [0.1, 0.15) is 0 Å². The van der Waals surface area contributed by atoms with Crippen LogP contribution in [0.4, 0.5) is 0 Å². The summed E-state index contributed by atoms with van der Waals surface area (Å²) in [7, 11) is -3.36. The van der Waals surface area contributed by atoms with E-state index in [2.05, 4.69) is 46.1 Å². The summed E-state index contributed by atoms with van der Waals surface area (Å²) in [6.07, 6.45) is 0. The van der Waals surface area contributed by atoms with Gasteiger partial charge in [0.2, 0.25) is 0 Å². The van der Waals surface area contributed by atoms with E-state index in [0.29, 0.717) is 23.2 Å². The molecule has 0 bridgehead atoms. The number of aromatic nitrogens is 2. The number of rotatable bonds is 10.